The lowest BCUT2D eigenvalue weighted by Gasteiger charge is -2.09. The number of carbonyl (C=O) groups is 1. The summed E-state index contributed by atoms with van der Waals surface area (Å²) < 4.78 is 5.07. The molecule has 0 radical (unpaired) electrons. The first-order valence-corrected chi connectivity index (χ1v) is 6.09. The van der Waals surface area contributed by atoms with Crippen LogP contribution in [-0.2, 0) is 17.8 Å². The Labute approximate surface area is 105 Å². The largest absolute Gasteiger partial charge is 0.461 e. The van der Waals surface area contributed by atoms with Crippen molar-refractivity contribution in [1.82, 2.24) is 10.3 Å². The number of rotatable bonds is 2. The second kappa shape index (κ2) is 4.38. The summed E-state index contributed by atoms with van der Waals surface area (Å²) in [4.78, 5) is 16.4. The van der Waals surface area contributed by atoms with E-state index < -0.39 is 0 Å². The SMILES string of the molecule is CCOC(=O)c1nc2ccccc2c2c1CNC2. The van der Waals surface area contributed by atoms with Crippen LogP contribution in [0.4, 0.5) is 0 Å². The Morgan fingerprint density at radius 3 is 2.94 bits per heavy atom. The molecule has 3 rings (SSSR count). The van der Waals surface area contributed by atoms with Gasteiger partial charge in [-0.3, -0.25) is 0 Å². The van der Waals surface area contributed by atoms with Crippen molar-refractivity contribution in [2.45, 2.75) is 20.0 Å². The average Bonchev–Trinajstić information content (AvgIpc) is 2.87. The molecule has 18 heavy (non-hydrogen) atoms. The molecule has 0 saturated heterocycles. The molecule has 0 aliphatic carbocycles. The maximum atomic E-state index is 11.9. The van der Waals surface area contributed by atoms with E-state index in [0.29, 0.717) is 18.8 Å². The summed E-state index contributed by atoms with van der Waals surface area (Å²) in [7, 11) is 0. The third-order valence-electron chi connectivity index (χ3n) is 3.18. The van der Waals surface area contributed by atoms with Gasteiger partial charge in [-0.25, -0.2) is 9.78 Å². The molecule has 0 amide bonds. The Morgan fingerprint density at radius 1 is 1.33 bits per heavy atom. The molecule has 2 aromatic rings. The van der Waals surface area contributed by atoms with Crippen LogP contribution in [0.1, 0.15) is 28.5 Å². The molecule has 0 saturated carbocycles. The zero-order valence-electron chi connectivity index (χ0n) is 10.2. The molecule has 1 aliphatic heterocycles. The van der Waals surface area contributed by atoms with Gasteiger partial charge < -0.3 is 10.1 Å². The number of hydrogen-bond donors (Lipinski definition) is 1. The monoisotopic (exact) mass is 242 g/mol. The van der Waals surface area contributed by atoms with Crippen molar-refractivity contribution in [3.8, 4) is 0 Å². The molecular formula is C14H14N2O2. The Morgan fingerprint density at radius 2 is 2.11 bits per heavy atom. The summed E-state index contributed by atoms with van der Waals surface area (Å²) in [6.45, 7) is 3.64. The zero-order chi connectivity index (χ0) is 12.5. The highest BCUT2D eigenvalue weighted by Gasteiger charge is 2.23. The minimum atomic E-state index is -0.330. The lowest BCUT2D eigenvalue weighted by molar-refractivity contribution is 0.0518. The van der Waals surface area contributed by atoms with Gasteiger partial charge in [-0.2, -0.15) is 0 Å². The molecule has 1 N–H and O–H groups in total. The van der Waals surface area contributed by atoms with E-state index in [4.69, 9.17) is 4.74 Å². The maximum absolute atomic E-state index is 11.9. The average molecular weight is 242 g/mol. The molecule has 92 valence electrons. The summed E-state index contributed by atoms with van der Waals surface area (Å²) in [5.41, 5.74) is 3.45. The van der Waals surface area contributed by atoms with Crippen molar-refractivity contribution in [1.29, 1.82) is 0 Å². The van der Waals surface area contributed by atoms with Crippen molar-refractivity contribution in [3.63, 3.8) is 0 Å². The second-order valence-corrected chi connectivity index (χ2v) is 4.26. The number of para-hydroxylation sites is 1. The van der Waals surface area contributed by atoms with Crippen LogP contribution in [0.15, 0.2) is 24.3 Å². The second-order valence-electron chi connectivity index (χ2n) is 4.26. The quantitative estimate of drug-likeness (QED) is 0.818. The topological polar surface area (TPSA) is 51.2 Å². The van der Waals surface area contributed by atoms with Crippen LogP contribution in [0.25, 0.3) is 10.9 Å². The fraction of sp³-hybridized carbons (Fsp3) is 0.286. The molecule has 0 fully saturated rings. The highest BCUT2D eigenvalue weighted by atomic mass is 16.5. The van der Waals surface area contributed by atoms with E-state index in [1.165, 1.54) is 5.56 Å². The van der Waals surface area contributed by atoms with Crippen molar-refractivity contribution in [3.05, 3.63) is 41.1 Å². The number of benzene rings is 1. The summed E-state index contributed by atoms with van der Waals surface area (Å²) in [6, 6.07) is 7.89. The fourth-order valence-electron chi connectivity index (χ4n) is 2.39. The molecule has 4 nitrogen and oxygen atoms in total. The van der Waals surface area contributed by atoms with E-state index in [-0.39, 0.29) is 5.97 Å². The van der Waals surface area contributed by atoms with Crippen molar-refractivity contribution >= 4 is 16.9 Å². The highest BCUT2D eigenvalue weighted by Crippen LogP contribution is 2.27. The smallest absolute Gasteiger partial charge is 0.357 e. The van der Waals surface area contributed by atoms with Crippen LogP contribution in [-0.4, -0.2) is 17.6 Å². The lowest BCUT2D eigenvalue weighted by Crippen LogP contribution is -2.11. The molecular weight excluding hydrogens is 228 g/mol. The van der Waals surface area contributed by atoms with Crippen LogP contribution in [0.5, 0.6) is 0 Å². The van der Waals surface area contributed by atoms with Crippen LogP contribution in [0, 0.1) is 0 Å². The predicted molar refractivity (Wildman–Crippen MR) is 68.2 cm³/mol. The van der Waals surface area contributed by atoms with E-state index in [1.54, 1.807) is 6.92 Å². The van der Waals surface area contributed by atoms with Gasteiger partial charge in [0.2, 0.25) is 0 Å². The number of nitrogens with zero attached hydrogens (tertiary/aromatic N) is 1. The predicted octanol–water partition coefficient (Wildman–Crippen LogP) is 2.01. The van der Waals surface area contributed by atoms with Crippen molar-refractivity contribution < 1.29 is 9.53 Å². The maximum Gasteiger partial charge on any atom is 0.357 e. The van der Waals surface area contributed by atoms with Gasteiger partial charge in [0.1, 0.15) is 0 Å². The van der Waals surface area contributed by atoms with Crippen LogP contribution >= 0.6 is 0 Å². The van der Waals surface area contributed by atoms with E-state index in [1.807, 2.05) is 24.3 Å². The van der Waals surface area contributed by atoms with Gasteiger partial charge in [0.25, 0.3) is 0 Å². The molecule has 2 heterocycles. The third kappa shape index (κ3) is 1.66. The summed E-state index contributed by atoms with van der Waals surface area (Å²) >= 11 is 0. The standard InChI is InChI=1S/C14H14N2O2/c1-2-18-14(17)13-11-8-15-7-10(11)9-5-3-4-6-12(9)16-13/h3-6,15H,2,7-8H2,1H3. The van der Waals surface area contributed by atoms with Gasteiger partial charge in [0.05, 0.1) is 12.1 Å². The van der Waals surface area contributed by atoms with Crippen LogP contribution in [0.2, 0.25) is 0 Å². The van der Waals surface area contributed by atoms with Gasteiger partial charge in [0, 0.05) is 24.0 Å². The number of esters is 1. The number of nitrogens with one attached hydrogen (secondary N) is 1. The zero-order valence-corrected chi connectivity index (χ0v) is 10.2. The number of fused-ring (bicyclic) bond motifs is 3. The summed E-state index contributed by atoms with van der Waals surface area (Å²) in [6.07, 6.45) is 0. The molecule has 4 heteroatoms. The molecule has 1 aromatic heterocycles. The van der Waals surface area contributed by atoms with E-state index >= 15 is 0 Å². The lowest BCUT2D eigenvalue weighted by atomic mass is 10.0. The number of hydrogen-bond acceptors (Lipinski definition) is 4. The van der Waals surface area contributed by atoms with Crippen molar-refractivity contribution in [2.75, 3.05) is 6.61 Å². The first-order valence-electron chi connectivity index (χ1n) is 6.09. The van der Waals surface area contributed by atoms with Gasteiger partial charge in [-0.05, 0) is 18.6 Å². The summed E-state index contributed by atoms with van der Waals surface area (Å²) in [5.74, 6) is -0.330. The first-order chi connectivity index (χ1) is 8.81. The van der Waals surface area contributed by atoms with Crippen LogP contribution in [0.3, 0.4) is 0 Å². The van der Waals surface area contributed by atoms with Gasteiger partial charge in [-0.1, -0.05) is 18.2 Å². The molecule has 0 bridgehead atoms. The fourth-order valence-corrected chi connectivity index (χ4v) is 2.39. The van der Waals surface area contributed by atoms with E-state index in [9.17, 15) is 4.79 Å². The number of ether oxygens (including phenoxy) is 1. The van der Waals surface area contributed by atoms with Gasteiger partial charge >= 0.3 is 5.97 Å². The molecule has 1 aliphatic rings. The highest BCUT2D eigenvalue weighted by molar-refractivity contribution is 5.95. The molecule has 0 atom stereocenters. The van der Waals surface area contributed by atoms with Crippen molar-refractivity contribution in [2.24, 2.45) is 0 Å². The number of pyridine rings is 1. The van der Waals surface area contributed by atoms with E-state index in [2.05, 4.69) is 10.3 Å². The third-order valence-corrected chi connectivity index (χ3v) is 3.18. The Hall–Kier alpha value is -1.94. The van der Waals surface area contributed by atoms with Gasteiger partial charge in [0.15, 0.2) is 5.69 Å². The minimum absolute atomic E-state index is 0.330. The number of aromatic nitrogens is 1. The molecule has 0 spiro atoms. The van der Waals surface area contributed by atoms with Crippen LogP contribution < -0.4 is 5.32 Å². The minimum Gasteiger partial charge on any atom is -0.461 e. The first kappa shape index (κ1) is 11.2. The summed E-state index contributed by atoms with van der Waals surface area (Å²) in [5, 5.41) is 4.39. The van der Waals surface area contributed by atoms with E-state index in [0.717, 1.165) is 23.0 Å². The molecule has 0 unspecified atom stereocenters. The Kier molecular flexibility index (Phi) is 2.72. The molecule has 1 aromatic carbocycles. The Balaban J connectivity index is 2.24. The normalized spacial score (nSPS) is 13.6. The number of carbonyl (C=O) groups excluding carboxylic acids is 1. The Bertz CT molecular complexity index is 622. The van der Waals surface area contributed by atoms with Gasteiger partial charge in [-0.15, -0.1) is 0 Å².